The molecule has 156 valence electrons. The zero-order valence-electron chi connectivity index (χ0n) is 17.0. The van der Waals surface area contributed by atoms with Gasteiger partial charge in [0.1, 0.15) is 11.6 Å². The normalized spacial score (nSPS) is 15.1. The molecule has 0 bridgehead atoms. The number of hydrogen-bond donors (Lipinski definition) is 0. The van der Waals surface area contributed by atoms with Crippen LogP contribution in [-0.4, -0.2) is 37.0 Å². The molecule has 0 atom stereocenters. The van der Waals surface area contributed by atoms with Gasteiger partial charge >= 0.3 is 0 Å². The van der Waals surface area contributed by atoms with Crippen molar-refractivity contribution in [1.82, 2.24) is 4.90 Å². The highest BCUT2D eigenvalue weighted by atomic mass is 19.1. The molecule has 1 saturated heterocycles. The minimum atomic E-state index is -0.175. The van der Waals surface area contributed by atoms with Crippen LogP contribution >= 0.6 is 0 Å². The molecule has 1 aliphatic rings. The Hall–Kier alpha value is -3.12. The Morgan fingerprint density at radius 2 is 1.93 bits per heavy atom. The zero-order chi connectivity index (χ0) is 20.9. The summed E-state index contributed by atoms with van der Waals surface area (Å²) in [5, 5.41) is 0. The van der Waals surface area contributed by atoms with Crippen molar-refractivity contribution in [2.45, 2.75) is 25.4 Å². The summed E-state index contributed by atoms with van der Waals surface area (Å²) >= 11 is 0. The number of ether oxygens (including phenoxy) is 1. The average molecular weight is 408 g/mol. The smallest absolute Gasteiger partial charge is 0.294 e. The Morgan fingerprint density at radius 1 is 1.13 bits per heavy atom. The maximum Gasteiger partial charge on any atom is 0.294 e. The number of carbonyl (C=O) groups is 1. The van der Waals surface area contributed by atoms with Gasteiger partial charge in [0.25, 0.3) is 5.91 Å². The number of piperidine rings is 1. The number of benzene rings is 2. The first kappa shape index (κ1) is 20.2. The van der Waals surface area contributed by atoms with Crippen LogP contribution in [0.2, 0.25) is 0 Å². The Morgan fingerprint density at radius 3 is 2.63 bits per heavy atom. The lowest BCUT2D eigenvalue weighted by atomic mass is 10.0. The topological polar surface area (TPSA) is 45.9 Å². The van der Waals surface area contributed by atoms with Crippen molar-refractivity contribution in [3.63, 3.8) is 0 Å². The molecule has 0 N–H and O–H groups in total. The molecule has 2 heterocycles. The molecule has 30 heavy (non-hydrogen) atoms. The highest BCUT2D eigenvalue weighted by Crippen LogP contribution is 2.29. The van der Waals surface area contributed by atoms with Gasteiger partial charge in [0.2, 0.25) is 0 Å². The second kappa shape index (κ2) is 9.13. The summed E-state index contributed by atoms with van der Waals surface area (Å²) in [4.78, 5) is 17.3. The van der Waals surface area contributed by atoms with Crippen LogP contribution in [-0.2, 0) is 6.54 Å². The Balaban J connectivity index is 1.52. The molecule has 0 radical (unpaired) electrons. The summed E-state index contributed by atoms with van der Waals surface area (Å²) in [5.41, 5.74) is 1.48. The molecule has 4 rings (SSSR count). The van der Waals surface area contributed by atoms with E-state index in [2.05, 4.69) is 4.90 Å². The third-order valence-electron chi connectivity index (χ3n) is 5.56. The Labute approximate surface area is 175 Å². The van der Waals surface area contributed by atoms with E-state index in [-0.39, 0.29) is 17.8 Å². The standard InChI is InChI=1S/C24H25FN2O3/c1-29-21-8-4-7-20(16-21)27(24(28)23-10-5-15-30-23)19-11-13-26(14-12-19)17-18-6-2-3-9-22(18)25/h2-10,15-16,19H,11-14,17H2,1H3. The van der Waals surface area contributed by atoms with E-state index in [4.69, 9.17) is 9.15 Å². The number of methoxy groups -OCH3 is 1. The van der Waals surface area contributed by atoms with Crippen LogP contribution in [0, 0.1) is 5.82 Å². The molecule has 3 aromatic rings. The molecule has 1 aromatic heterocycles. The van der Waals surface area contributed by atoms with E-state index < -0.39 is 0 Å². The molecule has 0 unspecified atom stereocenters. The van der Waals surface area contributed by atoms with Crippen LogP contribution in [0.3, 0.4) is 0 Å². The fraction of sp³-hybridized carbons (Fsp3) is 0.292. The van der Waals surface area contributed by atoms with Crippen LogP contribution in [0.15, 0.2) is 71.3 Å². The summed E-state index contributed by atoms with van der Waals surface area (Å²) < 4.78 is 24.7. The largest absolute Gasteiger partial charge is 0.497 e. The highest BCUT2D eigenvalue weighted by Gasteiger charge is 2.31. The number of amides is 1. The molecule has 0 spiro atoms. The van der Waals surface area contributed by atoms with E-state index in [1.165, 1.54) is 12.3 Å². The van der Waals surface area contributed by atoms with Gasteiger partial charge in [-0.15, -0.1) is 0 Å². The molecule has 1 amide bonds. The van der Waals surface area contributed by atoms with Gasteiger partial charge in [-0.3, -0.25) is 9.69 Å². The predicted octanol–water partition coefficient (Wildman–Crippen LogP) is 4.74. The fourth-order valence-corrected chi connectivity index (χ4v) is 3.98. The minimum absolute atomic E-state index is 0.0200. The fourth-order valence-electron chi connectivity index (χ4n) is 3.98. The van der Waals surface area contributed by atoms with Gasteiger partial charge in [0.05, 0.1) is 13.4 Å². The number of carbonyl (C=O) groups excluding carboxylic acids is 1. The van der Waals surface area contributed by atoms with Crippen molar-refractivity contribution >= 4 is 11.6 Å². The predicted molar refractivity (Wildman–Crippen MR) is 113 cm³/mol. The number of likely N-dealkylation sites (tertiary alicyclic amines) is 1. The van der Waals surface area contributed by atoms with Crippen molar-refractivity contribution in [2.75, 3.05) is 25.1 Å². The van der Waals surface area contributed by atoms with Gasteiger partial charge in [-0.2, -0.15) is 0 Å². The van der Waals surface area contributed by atoms with Gasteiger partial charge in [-0.1, -0.05) is 24.3 Å². The summed E-state index contributed by atoms with van der Waals surface area (Å²) in [5.74, 6) is 0.666. The number of anilines is 1. The lowest BCUT2D eigenvalue weighted by Crippen LogP contribution is -2.47. The molecular formula is C24H25FN2O3. The van der Waals surface area contributed by atoms with Crippen molar-refractivity contribution in [3.05, 3.63) is 84.1 Å². The second-order valence-corrected chi connectivity index (χ2v) is 7.45. The average Bonchev–Trinajstić information content (AvgIpc) is 3.32. The van der Waals surface area contributed by atoms with E-state index in [9.17, 15) is 9.18 Å². The van der Waals surface area contributed by atoms with Crippen LogP contribution in [0.25, 0.3) is 0 Å². The van der Waals surface area contributed by atoms with Crippen LogP contribution in [0.1, 0.15) is 29.0 Å². The van der Waals surface area contributed by atoms with Crippen molar-refractivity contribution in [2.24, 2.45) is 0 Å². The van der Waals surface area contributed by atoms with E-state index in [1.807, 2.05) is 41.3 Å². The summed E-state index contributed by atoms with van der Waals surface area (Å²) in [6, 6.07) is 17.8. The van der Waals surface area contributed by atoms with E-state index >= 15 is 0 Å². The number of halogens is 1. The second-order valence-electron chi connectivity index (χ2n) is 7.45. The number of hydrogen-bond acceptors (Lipinski definition) is 4. The molecule has 6 heteroatoms. The van der Waals surface area contributed by atoms with Crippen LogP contribution in [0.5, 0.6) is 5.75 Å². The molecular weight excluding hydrogens is 383 g/mol. The van der Waals surface area contributed by atoms with Gasteiger partial charge < -0.3 is 14.1 Å². The minimum Gasteiger partial charge on any atom is -0.497 e. The first-order valence-corrected chi connectivity index (χ1v) is 10.1. The molecule has 2 aromatic carbocycles. The van der Waals surface area contributed by atoms with Gasteiger partial charge in [0.15, 0.2) is 5.76 Å². The first-order chi connectivity index (χ1) is 14.7. The Kier molecular flexibility index (Phi) is 6.14. The summed E-state index contributed by atoms with van der Waals surface area (Å²) in [7, 11) is 1.61. The maximum absolute atomic E-state index is 14.0. The van der Waals surface area contributed by atoms with Gasteiger partial charge in [-0.05, 0) is 43.2 Å². The van der Waals surface area contributed by atoms with Gasteiger partial charge in [0, 0.05) is 43.0 Å². The number of nitrogens with zero attached hydrogens (tertiary/aromatic N) is 2. The highest BCUT2D eigenvalue weighted by molar-refractivity contribution is 6.04. The third-order valence-corrected chi connectivity index (χ3v) is 5.56. The lowest BCUT2D eigenvalue weighted by Gasteiger charge is -2.38. The monoisotopic (exact) mass is 408 g/mol. The quantitative estimate of drug-likeness (QED) is 0.591. The molecule has 1 fully saturated rings. The molecule has 0 aliphatic carbocycles. The van der Waals surface area contributed by atoms with Crippen LogP contribution in [0.4, 0.5) is 10.1 Å². The van der Waals surface area contributed by atoms with Crippen molar-refractivity contribution in [3.8, 4) is 5.75 Å². The molecule has 0 saturated carbocycles. The van der Waals surface area contributed by atoms with E-state index in [0.29, 0.717) is 23.6 Å². The lowest BCUT2D eigenvalue weighted by molar-refractivity contribution is 0.0931. The van der Waals surface area contributed by atoms with Crippen molar-refractivity contribution in [1.29, 1.82) is 0 Å². The summed E-state index contributed by atoms with van der Waals surface area (Å²) in [6.07, 6.45) is 3.09. The number of furan rings is 1. The van der Waals surface area contributed by atoms with E-state index in [0.717, 1.165) is 31.6 Å². The maximum atomic E-state index is 14.0. The Bertz CT molecular complexity index is 982. The SMILES string of the molecule is COc1cccc(N(C(=O)c2ccco2)C2CCN(Cc3ccccc3F)CC2)c1. The first-order valence-electron chi connectivity index (χ1n) is 10.1. The van der Waals surface area contributed by atoms with Crippen LogP contribution < -0.4 is 9.64 Å². The third kappa shape index (κ3) is 4.39. The zero-order valence-corrected chi connectivity index (χ0v) is 17.0. The number of rotatable bonds is 6. The van der Waals surface area contributed by atoms with E-state index in [1.54, 1.807) is 25.3 Å². The van der Waals surface area contributed by atoms with Gasteiger partial charge in [-0.25, -0.2) is 4.39 Å². The van der Waals surface area contributed by atoms with Crippen molar-refractivity contribution < 1.29 is 18.3 Å². The molecule has 5 nitrogen and oxygen atoms in total. The summed E-state index contributed by atoms with van der Waals surface area (Å²) in [6.45, 7) is 2.14. The molecule has 1 aliphatic heterocycles.